The van der Waals surface area contributed by atoms with Crippen molar-refractivity contribution in [3.05, 3.63) is 163 Å². The van der Waals surface area contributed by atoms with Gasteiger partial charge < -0.3 is 0 Å². The average Bonchev–Trinajstić information content (AvgIpc) is 3.67. The van der Waals surface area contributed by atoms with Crippen molar-refractivity contribution in [2.75, 3.05) is 0 Å². The van der Waals surface area contributed by atoms with Crippen LogP contribution >= 0.6 is 0 Å². The van der Waals surface area contributed by atoms with E-state index < -0.39 is 0 Å². The van der Waals surface area contributed by atoms with E-state index in [9.17, 15) is 0 Å². The van der Waals surface area contributed by atoms with Gasteiger partial charge in [0.15, 0.2) is 0 Å². The van der Waals surface area contributed by atoms with E-state index in [4.69, 9.17) is 4.98 Å². The molecule has 0 atom stereocenters. The molecule has 226 valence electrons. The fourth-order valence-corrected chi connectivity index (χ4v) is 9.03. The highest BCUT2D eigenvalue weighted by Crippen LogP contribution is 2.59. The first kappa shape index (κ1) is 26.7. The van der Waals surface area contributed by atoms with Gasteiger partial charge in [-0.3, -0.25) is 4.98 Å². The van der Waals surface area contributed by atoms with Crippen LogP contribution in [0.15, 0.2) is 158 Å². The van der Waals surface area contributed by atoms with Crippen LogP contribution in [0.1, 0.15) is 5.69 Å². The molecule has 49 heavy (non-hydrogen) atoms. The molecule has 0 N–H and O–H groups in total. The summed E-state index contributed by atoms with van der Waals surface area (Å²) in [6.45, 7) is 2.19. The second-order valence-corrected chi connectivity index (χ2v) is 13.4. The summed E-state index contributed by atoms with van der Waals surface area (Å²) in [6.07, 6.45) is 0. The Morgan fingerprint density at radius 2 is 0.816 bits per heavy atom. The third-order valence-electron chi connectivity index (χ3n) is 10.9. The topological polar surface area (TPSA) is 12.9 Å². The van der Waals surface area contributed by atoms with Crippen molar-refractivity contribution in [3.8, 4) is 77.9 Å². The largest absolute Gasteiger partial charge is 0.252 e. The standard InChI is InChI=1S/C48H29N/c1-28-41(46-33-19-9-8-18-31(33)32-23-13-25-40(49-28)45(32)46)37-26-27-39-44-36(37)22-12-24-38(44)47-42(29-14-4-2-5-15-29)34-20-10-11-21-35(34)43(48(39)47)30-16-6-3-7-17-30/h2-27H,1H3. The van der Waals surface area contributed by atoms with Gasteiger partial charge in [0.05, 0.1) is 5.52 Å². The number of rotatable bonds is 3. The van der Waals surface area contributed by atoms with E-state index in [1.54, 1.807) is 0 Å². The summed E-state index contributed by atoms with van der Waals surface area (Å²) in [5.41, 5.74) is 20.1. The number of aryl methyl sites for hydroxylation is 1. The summed E-state index contributed by atoms with van der Waals surface area (Å²) in [5.74, 6) is 0. The number of fused-ring (bicyclic) bond motifs is 7. The minimum atomic E-state index is 1.06. The minimum absolute atomic E-state index is 1.06. The maximum atomic E-state index is 5.25. The van der Waals surface area contributed by atoms with Gasteiger partial charge in [-0.2, -0.15) is 0 Å². The van der Waals surface area contributed by atoms with Crippen LogP contribution in [0.4, 0.5) is 0 Å². The third kappa shape index (κ3) is 3.51. The van der Waals surface area contributed by atoms with Crippen molar-refractivity contribution in [1.82, 2.24) is 4.98 Å². The van der Waals surface area contributed by atoms with E-state index in [0.717, 1.165) is 11.2 Å². The number of nitrogens with zero attached hydrogens (tertiary/aromatic N) is 1. The lowest BCUT2D eigenvalue weighted by Crippen LogP contribution is -1.94. The van der Waals surface area contributed by atoms with Crippen LogP contribution in [0.2, 0.25) is 0 Å². The van der Waals surface area contributed by atoms with Crippen LogP contribution in [0, 0.1) is 6.92 Å². The molecule has 8 aromatic carbocycles. The summed E-state index contributed by atoms with van der Waals surface area (Å²) >= 11 is 0. The van der Waals surface area contributed by atoms with Crippen LogP contribution in [-0.4, -0.2) is 4.98 Å². The van der Waals surface area contributed by atoms with E-state index in [-0.39, 0.29) is 0 Å². The molecule has 0 radical (unpaired) electrons. The molecule has 1 nitrogen and oxygen atoms in total. The van der Waals surface area contributed by atoms with E-state index in [1.807, 2.05) is 0 Å². The Morgan fingerprint density at radius 3 is 1.51 bits per heavy atom. The van der Waals surface area contributed by atoms with Gasteiger partial charge in [0.1, 0.15) is 0 Å². The SMILES string of the molecule is Cc1nc2cccc3c2c(c1-c1ccc2c4c(cccc14)-c1c-2c(-c2ccccc2)c2ccccc2c1-c1ccccc1)-c1ccccc1-3. The molecular weight excluding hydrogens is 591 g/mol. The summed E-state index contributed by atoms with van der Waals surface area (Å²) in [7, 11) is 0. The van der Waals surface area contributed by atoms with Crippen molar-refractivity contribution in [1.29, 1.82) is 0 Å². The van der Waals surface area contributed by atoms with Gasteiger partial charge >= 0.3 is 0 Å². The summed E-state index contributed by atoms with van der Waals surface area (Å²) in [6, 6.07) is 58.0. The normalized spacial score (nSPS) is 12.2. The molecule has 0 aliphatic heterocycles. The molecule has 1 heterocycles. The summed E-state index contributed by atoms with van der Waals surface area (Å²) in [4.78, 5) is 5.25. The van der Waals surface area contributed by atoms with Crippen LogP contribution in [-0.2, 0) is 0 Å². The highest BCUT2D eigenvalue weighted by Gasteiger charge is 2.33. The lowest BCUT2D eigenvalue weighted by molar-refractivity contribution is 1.26. The van der Waals surface area contributed by atoms with Gasteiger partial charge in [-0.15, -0.1) is 0 Å². The van der Waals surface area contributed by atoms with Gasteiger partial charge in [0.2, 0.25) is 0 Å². The Bertz CT molecular complexity index is 2770. The van der Waals surface area contributed by atoms with Crippen molar-refractivity contribution >= 4 is 32.4 Å². The molecular formula is C48H29N. The van der Waals surface area contributed by atoms with Crippen LogP contribution in [0.5, 0.6) is 0 Å². The first-order chi connectivity index (χ1) is 24.3. The van der Waals surface area contributed by atoms with Gasteiger partial charge in [-0.05, 0) is 101 Å². The first-order valence-corrected chi connectivity index (χ1v) is 17.1. The Kier molecular flexibility index (Phi) is 5.38. The Morgan fingerprint density at radius 1 is 0.306 bits per heavy atom. The molecule has 0 saturated carbocycles. The molecule has 0 bridgehead atoms. The Labute approximate surface area is 284 Å². The van der Waals surface area contributed by atoms with Crippen molar-refractivity contribution in [2.24, 2.45) is 0 Å². The predicted molar refractivity (Wildman–Crippen MR) is 207 cm³/mol. The van der Waals surface area contributed by atoms with Gasteiger partial charge in [-0.25, -0.2) is 0 Å². The zero-order valence-corrected chi connectivity index (χ0v) is 27.0. The number of aromatic nitrogens is 1. The third-order valence-corrected chi connectivity index (χ3v) is 10.9. The molecule has 0 spiro atoms. The quantitative estimate of drug-likeness (QED) is 0.192. The van der Waals surface area contributed by atoms with Crippen molar-refractivity contribution in [2.45, 2.75) is 6.92 Å². The van der Waals surface area contributed by atoms with Crippen LogP contribution in [0.3, 0.4) is 0 Å². The molecule has 1 heteroatoms. The van der Waals surface area contributed by atoms with Gasteiger partial charge in [0.25, 0.3) is 0 Å². The maximum absolute atomic E-state index is 5.25. The van der Waals surface area contributed by atoms with E-state index >= 15 is 0 Å². The van der Waals surface area contributed by atoms with Gasteiger partial charge in [-0.1, -0.05) is 152 Å². The number of pyridine rings is 1. The Hall–Kier alpha value is -6.31. The number of hydrogen-bond acceptors (Lipinski definition) is 1. The van der Waals surface area contributed by atoms with Gasteiger partial charge in [0, 0.05) is 22.2 Å². The average molecular weight is 620 g/mol. The summed E-state index contributed by atoms with van der Waals surface area (Å²) in [5, 5.41) is 6.42. The molecule has 0 unspecified atom stereocenters. The fraction of sp³-hybridized carbons (Fsp3) is 0.0208. The molecule has 0 saturated heterocycles. The maximum Gasteiger partial charge on any atom is 0.0718 e. The molecule has 11 rings (SSSR count). The Balaban J connectivity index is 1.29. The highest BCUT2D eigenvalue weighted by atomic mass is 14.7. The van der Waals surface area contributed by atoms with Crippen molar-refractivity contribution < 1.29 is 0 Å². The van der Waals surface area contributed by atoms with E-state index in [0.29, 0.717) is 0 Å². The molecule has 2 aliphatic carbocycles. The van der Waals surface area contributed by atoms with Crippen LogP contribution < -0.4 is 0 Å². The van der Waals surface area contributed by atoms with Crippen LogP contribution in [0.25, 0.3) is 110 Å². The van der Waals surface area contributed by atoms with E-state index in [1.165, 1.54) is 105 Å². The van der Waals surface area contributed by atoms with E-state index in [2.05, 4.69) is 165 Å². The lowest BCUT2D eigenvalue weighted by Gasteiger charge is -2.20. The highest BCUT2D eigenvalue weighted by molar-refractivity contribution is 6.29. The second kappa shape index (κ2) is 9.86. The minimum Gasteiger partial charge on any atom is -0.252 e. The molecule has 2 aliphatic rings. The smallest absolute Gasteiger partial charge is 0.0718 e. The number of benzene rings is 8. The molecule has 9 aromatic rings. The van der Waals surface area contributed by atoms with Crippen molar-refractivity contribution in [3.63, 3.8) is 0 Å². The predicted octanol–water partition coefficient (Wildman–Crippen LogP) is 13.1. The zero-order chi connectivity index (χ0) is 32.2. The zero-order valence-electron chi connectivity index (χ0n) is 27.0. The molecule has 1 aromatic heterocycles. The number of hydrogen-bond donors (Lipinski definition) is 0. The summed E-state index contributed by atoms with van der Waals surface area (Å²) < 4.78 is 0. The molecule has 0 amide bonds. The molecule has 0 fully saturated rings. The fourth-order valence-electron chi connectivity index (χ4n) is 9.03. The lowest BCUT2D eigenvalue weighted by atomic mass is 9.82. The second-order valence-electron chi connectivity index (χ2n) is 13.4. The first-order valence-electron chi connectivity index (χ1n) is 17.1. The monoisotopic (exact) mass is 619 g/mol.